The van der Waals surface area contributed by atoms with E-state index in [0.29, 0.717) is 17.5 Å². The van der Waals surface area contributed by atoms with Gasteiger partial charge in [0.25, 0.3) is 0 Å². The molecule has 0 saturated heterocycles. The maximum atomic E-state index is 6.52. The Morgan fingerprint density at radius 3 is 2.56 bits per heavy atom. The van der Waals surface area contributed by atoms with Gasteiger partial charge in [-0.25, -0.2) is 4.98 Å². The Hall–Kier alpha value is -3.22. The van der Waals surface area contributed by atoms with Crippen molar-refractivity contribution in [2.24, 2.45) is 0 Å². The number of thioether (sulfide) groups is 1. The van der Waals surface area contributed by atoms with Gasteiger partial charge in [-0.2, -0.15) is 0 Å². The molecule has 5 nitrogen and oxygen atoms in total. The van der Waals surface area contributed by atoms with Crippen molar-refractivity contribution in [2.45, 2.75) is 24.4 Å². The summed E-state index contributed by atoms with van der Waals surface area (Å²) < 4.78 is 2.14. The minimum atomic E-state index is 0.527. The van der Waals surface area contributed by atoms with E-state index >= 15 is 0 Å². The van der Waals surface area contributed by atoms with E-state index < -0.39 is 0 Å². The molecule has 32 heavy (non-hydrogen) atoms. The second-order valence-electron chi connectivity index (χ2n) is 7.54. The van der Waals surface area contributed by atoms with E-state index in [1.807, 2.05) is 30.3 Å². The molecule has 0 saturated carbocycles. The standard InChI is InChI=1S/C25H20ClN5S/c1-17-7-8-20-14-21(23(26)28-22(20)13-17)16-32-25-30-29-24(19-9-11-27-12-10-19)31(25)15-18-5-3-2-4-6-18/h2-14H,15-16H2,1H3. The molecule has 3 aromatic heterocycles. The van der Waals surface area contributed by atoms with Crippen LogP contribution in [0.1, 0.15) is 16.7 Å². The first-order chi connectivity index (χ1) is 15.7. The van der Waals surface area contributed by atoms with Crippen LogP contribution in [0.3, 0.4) is 0 Å². The number of benzene rings is 2. The van der Waals surface area contributed by atoms with Crippen LogP contribution in [0.15, 0.2) is 84.3 Å². The van der Waals surface area contributed by atoms with Crippen molar-refractivity contribution in [3.8, 4) is 11.4 Å². The number of hydrogen-bond acceptors (Lipinski definition) is 5. The van der Waals surface area contributed by atoms with Crippen LogP contribution < -0.4 is 0 Å². The van der Waals surface area contributed by atoms with E-state index in [4.69, 9.17) is 11.6 Å². The fraction of sp³-hybridized carbons (Fsp3) is 0.120. The van der Waals surface area contributed by atoms with Gasteiger partial charge in [-0.05, 0) is 42.3 Å². The SMILES string of the molecule is Cc1ccc2cc(CSc3nnc(-c4ccncc4)n3Cc3ccccc3)c(Cl)nc2c1. The van der Waals surface area contributed by atoms with E-state index in [1.54, 1.807) is 24.2 Å². The van der Waals surface area contributed by atoms with Crippen LogP contribution in [0.4, 0.5) is 0 Å². The predicted molar refractivity (Wildman–Crippen MR) is 130 cm³/mol. The van der Waals surface area contributed by atoms with Crippen LogP contribution in [0, 0.1) is 6.92 Å². The Morgan fingerprint density at radius 1 is 0.938 bits per heavy atom. The normalized spacial score (nSPS) is 11.2. The monoisotopic (exact) mass is 457 g/mol. The minimum Gasteiger partial charge on any atom is -0.298 e. The molecule has 0 aliphatic carbocycles. The molecule has 7 heteroatoms. The van der Waals surface area contributed by atoms with Crippen LogP contribution in [0.5, 0.6) is 0 Å². The number of aromatic nitrogens is 5. The Bertz CT molecular complexity index is 1370. The third-order valence-electron chi connectivity index (χ3n) is 5.19. The van der Waals surface area contributed by atoms with Crippen molar-refractivity contribution in [3.63, 3.8) is 0 Å². The van der Waals surface area contributed by atoms with Crippen LogP contribution >= 0.6 is 23.4 Å². The molecule has 0 amide bonds. The molecule has 5 rings (SSSR count). The summed E-state index contributed by atoms with van der Waals surface area (Å²) in [5.74, 6) is 1.47. The van der Waals surface area contributed by atoms with E-state index in [0.717, 1.165) is 33.0 Å². The third kappa shape index (κ3) is 4.38. The highest BCUT2D eigenvalue weighted by Gasteiger charge is 2.16. The zero-order valence-electron chi connectivity index (χ0n) is 17.4. The van der Waals surface area contributed by atoms with E-state index in [-0.39, 0.29) is 0 Å². The maximum absolute atomic E-state index is 6.52. The van der Waals surface area contributed by atoms with Crippen molar-refractivity contribution in [1.29, 1.82) is 0 Å². The summed E-state index contributed by atoms with van der Waals surface area (Å²) in [6.45, 7) is 2.73. The number of halogens is 1. The van der Waals surface area contributed by atoms with Gasteiger partial charge >= 0.3 is 0 Å². The zero-order valence-corrected chi connectivity index (χ0v) is 19.0. The van der Waals surface area contributed by atoms with Crippen molar-refractivity contribution < 1.29 is 0 Å². The molecule has 2 aromatic carbocycles. The fourth-order valence-electron chi connectivity index (χ4n) is 3.56. The summed E-state index contributed by atoms with van der Waals surface area (Å²) in [5.41, 5.74) is 5.23. The van der Waals surface area contributed by atoms with Gasteiger partial charge in [-0.1, -0.05) is 65.8 Å². The first-order valence-corrected chi connectivity index (χ1v) is 11.6. The summed E-state index contributed by atoms with van der Waals surface area (Å²) >= 11 is 8.13. The highest BCUT2D eigenvalue weighted by molar-refractivity contribution is 7.98. The first kappa shape index (κ1) is 20.7. The highest BCUT2D eigenvalue weighted by Crippen LogP contribution is 2.30. The summed E-state index contributed by atoms with van der Waals surface area (Å²) in [6, 6.07) is 22.6. The molecule has 0 aliphatic heterocycles. The molecule has 158 valence electrons. The number of fused-ring (bicyclic) bond motifs is 1. The van der Waals surface area contributed by atoms with Gasteiger partial charge in [0.05, 0.1) is 12.1 Å². The number of pyridine rings is 2. The fourth-order valence-corrected chi connectivity index (χ4v) is 4.76. The quantitative estimate of drug-likeness (QED) is 0.225. The van der Waals surface area contributed by atoms with Crippen molar-refractivity contribution >= 4 is 34.3 Å². The first-order valence-electron chi connectivity index (χ1n) is 10.2. The molecule has 0 radical (unpaired) electrons. The van der Waals surface area contributed by atoms with E-state index in [1.165, 1.54) is 11.1 Å². The number of aryl methyl sites for hydroxylation is 1. The molecular formula is C25H20ClN5S. The molecule has 0 aliphatic rings. The highest BCUT2D eigenvalue weighted by atomic mass is 35.5. The summed E-state index contributed by atoms with van der Waals surface area (Å²) in [4.78, 5) is 8.72. The molecule has 0 atom stereocenters. The molecule has 0 unspecified atom stereocenters. The second kappa shape index (κ2) is 9.10. The van der Waals surface area contributed by atoms with Crippen LogP contribution in [-0.2, 0) is 12.3 Å². The topological polar surface area (TPSA) is 56.5 Å². The Labute approximate surface area is 195 Å². The molecular weight excluding hydrogens is 438 g/mol. The van der Waals surface area contributed by atoms with Gasteiger partial charge in [-0.15, -0.1) is 10.2 Å². The van der Waals surface area contributed by atoms with Crippen molar-refractivity contribution in [3.05, 3.63) is 101 Å². The van der Waals surface area contributed by atoms with Crippen LogP contribution in [-0.4, -0.2) is 24.7 Å². The summed E-state index contributed by atoms with van der Waals surface area (Å²) in [7, 11) is 0. The average molecular weight is 458 g/mol. The minimum absolute atomic E-state index is 0.527. The second-order valence-corrected chi connectivity index (χ2v) is 8.84. The third-order valence-corrected chi connectivity index (χ3v) is 6.54. The van der Waals surface area contributed by atoms with Crippen LogP contribution in [0.2, 0.25) is 5.15 Å². The van der Waals surface area contributed by atoms with Gasteiger partial charge in [0.15, 0.2) is 11.0 Å². The number of nitrogens with zero attached hydrogens (tertiary/aromatic N) is 5. The lowest BCUT2D eigenvalue weighted by Crippen LogP contribution is -2.04. The van der Waals surface area contributed by atoms with Gasteiger partial charge in [0.1, 0.15) is 5.15 Å². The maximum Gasteiger partial charge on any atom is 0.192 e. The number of hydrogen-bond donors (Lipinski definition) is 0. The van der Waals surface area contributed by atoms with Gasteiger partial charge in [-0.3, -0.25) is 9.55 Å². The zero-order chi connectivity index (χ0) is 21.9. The molecule has 3 heterocycles. The molecule has 5 aromatic rings. The molecule has 0 N–H and O–H groups in total. The lowest BCUT2D eigenvalue weighted by Gasteiger charge is -2.11. The molecule has 0 spiro atoms. The van der Waals surface area contributed by atoms with Gasteiger partial charge in [0.2, 0.25) is 0 Å². The summed E-state index contributed by atoms with van der Waals surface area (Å²) in [6.07, 6.45) is 3.54. The predicted octanol–water partition coefficient (Wildman–Crippen LogP) is 6.19. The van der Waals surface area contributed by atoms with Crippen molar-refractivity contribution in [2.75, 3.05) is 0 Å². The Balaban J connectivity index is 1.47. The van der Waals surface area contributed by atoms with Gasteiger partial charge in [0, 0.05) is 34.7 Å². The average Bonchev–Trinajstić information content (AvgIpc) is 3.21. The Kier molecular flexibility index (Phi) is 5.88. The smallest absolute Gasteiger partial charge is 0.192 e. The lowest BCUT2D eigenvalue weighted by molar-refractivity contribution is 0.714. The summed E-state index contributed by atoms with van der Waals surface area (Å²) in [5, 5.41) is 11.4. The largest absolute Gasteiger partial charge is 0.298 e. The van der Waals surface area contributed by atoms with E-state index in [2.05, 4.69) is 68.1 Å². The lowest BCUT2D eigenvalue weighted by atomic mass is 10.1. The van der Waals surface area contributed by atoms with Crippen molar-refractivity contribution in [1.82, 2.24) is 24.7 Å². The Morgan fingerprint density at radius 2 is 1.75 bits per heavy atom. The van der Waals surface area contributed by atoms with Gasteiger partial charge < -0.3 is 0 Å². The number of rotatable bonds is 6. The molecule has 0 fully saturated rings. The molecule has 0 bridgehead atoms. The van der Waals surface area contributed by atoms with E-state index in [9.17, 15) is 0 Å². The van der Waals surface area contributed by atoms with Crippen LogP contribution in [0.25, 0.3) is 22.3 Å².